The zero-order chi connectivity index (χ0) is 39.6. The first kappa shape index (κ1) is 59.3. The molecule has 0 heterocycles. The van der Waals surface area contributed by atoms with Crippen LogP contribution in [0.4, 0.5) is 0 Å². The monoisotopic (exact) mass is 960 g/mol. The van der Waals surface area contributed by atoms with Gasteiger partial charge in [0.1, 0.15) is 0 Å². The van der Waals surface area contributed by atoms with Crippen molar-refractivity contribution < 1.29 is 59.4 Å². The molecule has 4 aromatic rings. The van der Waals surface area contributed by atoms with Crippen molar-refractivity contribution in [2.45, 2.75) is 21.8 Å². The molecule has 0 atom stereocenters. The number of alkyl halides is 6. The zero-order valence-corrected chi connectivity index (χ0v) is 41.5. The maximum absolute atomic E-state index is 11.2. The van der Waals surface area contributed by atoms with Crippen LogP contribution in [0.3, 0.4) is 0 Å². The zero-order valence-electron chi connectivity index (χ0n) is 31.0. The van der Waals surface area contributed by atoms with E-state index in [4.69, 9.17) is 69.6 Å². The van der Waals surface area contributed by atoms with Gasteiger partial charge >= 0.3 is 39.0 Å². The van der Waals surface area contributed by atoms with E-state index in [-0.39, 0.29) is 63.7 Å². The first-order chi connectivity index (χ1) is 24.7. The molecular formula is C38H46Cl6N4O4Zn2. The summed E-state index contributed by atoms with van der Waals surface area (Å²) in [5, 5.41) is 42.8. The second kappa shape index (κ2) is 41.3. The Morgan fingerprint density at radius 2 is 0.759 bits per heavy atom. The van der Waals surface area contributed by atoms with E-state index < -0.39 is 8.59 Å². The third-order valence-electron chi connectivity index (χ3n) is 5.67. The quantitative estimate of drug-likeness (QED) is 0.101. The second-order valence-electron chi connectivity index (χ2n) is 10.5. The maximum atomic E-state index is 11.2. The molecule has 4 aromatic carbocycles. The second-order valence-corrected chi connectivity index (χ2v) is 14.5. The summed E-state index contributed by atoms with van der Waals surface area (Å²) in [5.74, 6) is 0.0576. The van der Waals surface area contributed by atoms with Gasteiger partial charge in [0.2, 0.25) is 0 Å². The summed E-state index contributed by atoms with van der Waals surface area (Å²) >= 11 is 28.8. The van der Waals surface area contributed by atoms with E-state index >= 15 is 0 Å². The van der Waals surface area contributed by atoms with Crippen LogP contribution in [0.1, 0.15) is 22.3 Å². The van der Waals surface area contributed by atoms with Crippen molar-refractivity contribution >= 4 is 82.0 Å². The van der Waals surface area contributed by atoms with Gasteiger partial charge in [-0.15, -0.1) is 24.7 Å². The topological polar surface area (TPSA) is 123 Å². The van der Waals surface area contributed by atoms with Crippen molar-refractivity contribution in [2.24, 2.45) is 9.98 Å². The molecule has 0 aromatic heterocycles. The van der Waals surface area contributed by atoms with Crippen LogP contribution >= 0.6 is 69.6 Å². The smallest absolute Gasteiger partial charge is 0.872 e. The van der Waals surface area contributed by atoms with Gasteiger partial charge in [-0.2, -0.15) is 0 Å². The molecule has 54 heavy (non-hydrogen) atoms. The van der Waals surface area contributed by atoms with E-state index in [1.807, 2.05) is 101 Å². The van der Waals surface area contributed by atoms with Crippen molar-refractivity contribution in [1.82, 2.24) is 9.80 Å². The van der Waals surface area contributed by atoms with Crippen LogP contribution < -0.4 is 20.4 Å². The molecule has 0 aliphatic rings. The summed E-state index contributed by atoms with van der Waals surface area (Å²) in [5.41, 5.74) is 3.03. The molecule has 288 valence electrons. The van der Waals surface area contributed by atoms with Crippen LogP contribution in [0.5, 0.6) is 11.5 Å². The summed E-state index contributed by atoms with van der Waals surface area (Å²) in [4.78, 5) is 12.5. The summed E-state index contributed by atoms with van der Waals surface area (Å²) in [6.45, 7) is 3.03. The summed E-state index contributed by atoms with van der Waals surface area (Å²) in [7, 11) is 7.99. The maximum Gasteiger partial charge on any atom is 2.00 e. The number of benzene rings is 4. The number of nitrogens with zero attached hydrogens (tertiary/aromatic N) is 4. The first-order valence-corrected chi connectivity index (χ1v) is 18.2. The average Bonchev–Trinajstić information content (AvgIpc) is 3.11. The molecule has 0 aliphatic carbocycles. The molecular weight excluding hydrogens is 920 g/mol. The summed E-state index contributed by atoms with van der Waals surface area (Å²) in [6, 6.07) is 32.4. The fourth-order valence-corrected chi connectivity index (χ4v) is 3.16. The van der Waals surface area contributed by atoms with Gasteiger partial charge in [-0.3, -0.25) is 9.98 Å². The van der Waals surface area contributed by atoms with Gasteiger partial charge in [0.05, 0.1) is 13.1 Å². The molecule has 0 bridgehead atoms. The predicted octanol–water partition coefficient (Wildman–Crippen LogP) is 6.54. The minimum atomic E-state index is -0.750. The summed E-state index contributed by atoms with van der Waals surface area (Å²) in [6.07, 6.45) is 3.29. The molecule has 0 amide bonds. The molecule has 16 heteroatoms. The van der Waals surface area contributed by atoms with Gasteiger partial charge in [0, 0.05) is 25.5 Å². The van der Waals surface area contributed by atoms with Crippen LogP contribution in [0.15, 0.2) is 119 Å². The standard InChI is InChI=1S/2C11H16N2O.2C7H7O.2CHCl3.2Zn/c2*1-13(2)8-7-12-9-10-5-3-4-6-11(10)14;2*8-6-7-4-2-1-3-5-7;2*2-1(3)4;;/h2*3-6,9,14H,7-8H2,1-2H3;2*1-5H,6H2;2*1H;;/q;;2*-1;;;2*+2/p-2. The van der Waals surface area contributed by atoms with Gasteiger partial charge in [-0.25, -0.2) is 0 Å². The van der Waals surface area contributed by atoms with Gasteiger partial charge in [-0.1, -0.05) is 190 Å². The van der Waals surface area contributed by atoms with E-state index in [1.54, 1.807) is 48.8 Å². The number of hydrogen-bond acceptors (Lipinski definition) is 8. The van der Waals surface area contributed by atoms with Crippen LogP contribution in [0.25, 0.3) is 0 Å². The average molecular weight is 966 g/mol. The third kappa shape index (κ3) is 41.8. The number of rotatable bonds is 10. The Bertz CT molecular complexity index is 1330. The molecule has 0 saturated carbocycles. The van der Waals surface area contributed by atoms with E-state index in [2.05, 4.69) is 19.8 Å². The Morgan fingerprint density at radius 1 is 0.500 bits per heavy atom. The Kier molecular flexibility index (Phi) is 45.4. The molecule has 0 N–H and O–H groups in total. The molecule has 0 unspecified atom stereocenters. The third-order valence-corrected chi connectivity index (χ3v) is 5.67. The van der Waals surface area contributed by atoms with Crippen LogP contribution in [-0.4, -0.2) is 85.2 Å². The van der Waals surface area contributed by atoms with Crippen molar-refractivity contribution in [3.63, 3.8) is 0 Å². The number of aliphatic imine (C=N–C) groups is 2. The number of halogens is 6. The van der Waals surface area contributed by atoms with Crippen molar-refractivity contribution in [3.05, 3.63) is 131 Å². The van der Waals surface area contributed by atoms with Crippen molar-refractivity contribution in [2.75, 3.05) is 54.4 Å². The Balaban J connectivity index is -0.000000292. The van der Waals surface area contributed by atoms with Gasteiger partial charge in [0.25, 0.3) is 0 Å². The molecule has 0 aliphatic heterocycles. The fraction of sp³-hybridized carbons (Fsp3) is 0.316. The van der Waals surface area contributed by atoms with E-state index in [1.165, 1.54) is 0 Å². The molecule has 0 radical (unpaired) electrons. The SMILES string of the molecule is CN(C)CCN=Cc1ccccc1[O-].CN(C)CCN=Cc1ccccc1[O-].ClC(Cl)Cl.ClC(Cl)Cl.[O-]Cc1ccccc1.[O-]Cc1ccccc1.[Zn+2].[Zn+2]. The summed E-state index contributed by atoms with van der Waals surface area (Å²) < 4.78 is -1.50. The predicted molar refractivity (Wildman–Crippen MR) is 217 cm³/mol. The van der Waals surface area contributed by atoms with Crippen molar-refractivity contribution in [3.8, 4) is 11.5 Å². The van der Waals surface area contributed by atoms with E-state index in [0.717, 1.165) is 37.3 Å². The Labute approximate surface area is 377 Å². The van der Waals surface area contributed by atoms with Crippen LogP contribution in [0.2, 0.25) is 0 Å². The van der Waals surface area contributed by atoms with Crippen LogP contribution in [-0.2, 0) is 52.2 Å². The largest absolute Gasteiger partial charge is 2.00 e. The van der Waals surface area contributed by atoms with Crippen molar-refractivity contribution in [1.29, 1.82) is 0 Å². The minimum Gasteiger partial charge on any atom is -0.872 e. The molecule has 4 rings (SSSR count). The molecule has 0 fully saturated rings. The van der Waals surface area contributed by atoms with E-state index in [0.29, 0.717) is 11.1 Å². The fourth-order valence-electron chi connectivity index (χ4n) is 3.16. The van der Waals surface area contributed by atoms with Gasteiger partial charge in [0.15, 0.2) is 8.59 Å². The minimum absolute atomic E-state index is 0. The number of likely N-dealkylation sites (N-methyl/N-ethyl adjacent to an activating group) is 2. The molecule has 8 nitrogen and oxygen atoms in total. The normalized spacial score (nSPS) is 9.93. The van der Waals surface area contributed by atoms with Gasteiger partial charge < -0.3 is 30.2 Å². The number of hydrogen-bond donors (Lipinski definition) is 0. The van der Waals surface area contributed by atoms with Gasteiger partial charge in [-0.05, 0) is 39.3 Å². The first-order valence-electron chi connectivity index (χ1n) is 15.6. The molecule has 0 spiro atoms. The van der Waals surface area contributed by atoms with E-state index in [9.17, 15) is 20.4 Å². The Hall–Kier alpha value is -1.35. The number of para-hydroxylation sites is 2. The van der Waals surface area contributed by atoms with Crippen LogP contribution in [0, 0.1) is 0 Å². The Morgan fingerprint density at radius 3 is 0.981 bits per heavy atom. The molecule has 0 saturated heterocycles.